The van der Waals surface area contributed by atoms with E-state index in [4.69, 9.17) is 1.37 Å². The lowest BCUT2D eigenvalue weighted by molar-refractivity contribution is 0.826. The molecule has 0 spiro atoms. The fraction of sp³-hybridized carbons (Fsp3) is 0.375. The Morgan fingerprint density at radius 3 is 3.70 bits per heavy atom. The first kappa shape index (κ1) is 4.72. The number of hydrogen-bond donors (Lipinski definition) is 1. The van der Waals surface area contributed by atoms with Crippen molar-refractivity contribution in [2.75, 3.05) is 11.9 Å². The molecule has 1 aliphatic heterocycles. The van der Waals surface area contributed by atoms with E-state index < -0.39 is 0 Å². The highest BCUT2D eigenvalue weighted by Gasteiger charge is 2.05. The minimum absolute atomic E-state index is 0.368. The molecule has 2 heterocycles. The van der Waals surface area contributed by atoms with Gasteiger partial charge in [-0.3, -0.25) is 4.98 Å². The fourth-order valence-electron chi connectivity index (χ4n) is 1.25. The van der Waals surface area contributed by atoms with Gasteiger partial charge in [-0.15, -0.1) is 0 Å². The van der Waals surface area contributed by atoms with Crippen molar-refractivity contribution in [3.05, 3.63) is 24.0 Å². The van der Waals surface area contributed by atoms with E-state index >= 15 is 0 Å². The molecule has 0 aromatic carbocycles. The van der Waals surface area contributed by atoms with Crippen molar-refractivity contribution in [1.82, 2.24) is 4.98 Å². The van der Waals surface area contributed by atoms with Crippen LogP contribution in [-0.4, -0.2) is 11.5 Å². The first-order chi connectivity index (χ1) is 5.36. The van der Waals surface area contributed by atoms with Crippen molar-refractivity contribution in [1.29, 1.82) is 0 Å². The van der Waals surface area contributed by atoms with Gasteiger partial charge in [0, 0.05) is 12.7 Å². The number of anilines is 1. The quantitative estimate of drug-likeness (QED) is 0.582. The molecule has 1 aromatic heterocycles. The molecule has 52 valence electrons. The van der Waals surface area contributed by atoms with Gasteiger partial charge in [-0.05, 0) is 24.5 Å². The van der Waals surface area contributed by atoms with Gasteiger partial charge in [-0.25, -0.2) is 0 Å². The lowest BCUT2D eigenvalue weighted by Crippen LogP contribution is -2.11. The SMILES string of the molecule is [2H]c1cc2c(cn1)NCCC2. The largest absolute Gasteiger partial charge is 0.384 e. The first-order valence-electron chi connectivity index (χ1n) is 4.05. The molecule has 0 radical (unpaired) electrons. The molecular formula is C8H10N2. The first-order valence-corrected chi connectivity index (χ1v) is 3.55. The van der Waals surface area contributed by atoms with Crippen LogP contribution in [0.4, 0.5) is 5.69 Å². The highest BCUT2D eigenvalue weighted by Crippen LogP contribution is 2.18. The molecule has 10 heavy (non-hydrogen) atoms. The molecule has 0 fully saturated rings. The van der Waals surface area contributed by atoms with Gasteiger partial charge < -0.3 is 5.32 Å². The van der Waals surface area contributed by atoms with E-state index in [9.17, 15) is 0 Å². The van der Waals surface area contributed by atoms with E-state index in [1.54, 1.807) is 6.20 Å². The summed E-state index contributed by atoms with van der Waals surface area (Å²) in [5, 5.41) is 3.24. The number of aromatic nitrogens is 1. The van der Waals surface area contributed by atoms with Crippen LogP contribution in [-0.2, 0) is 6.42 Å². The van der Waals surface area contributed by atoms with E-state index in [0.717, 1.165) is 25.1 Å². The van der Waals surface area contributed by atoms with Gasteiger partial charge in [0.05, 0.1) is 13.3 Å². The maximum atomic E-state index is 7.30. The maximum Gasteiger partial charge on any atom is 0.0840 e. The molecule has 0 atom stereocenters. The number of aryl methyl sites for hydroxylation is 1. The molecule has 0 amide bonds. The van der Waals surface area contributed by atoms with Gasteiger partial charge in [-0.2, -0.15) is 0 Å². The second kappa shape index (κ2) is 2.29. The van der Waals surface area contributed by atoms with Crippen molar-refractivity contribution in [3.63, 3.8) is 0 Å². The molecule has 0 unspecified atom stereocenters. The Labute approximate surface area is 61.7 Å². The van der Waals surface area contributed by atoms with Crippen LogP contribution in [0.15, 0.2) is 18.4 Å². The number of nitrogens with zero attached hydrogens (tertiary/aromatic N) is 1. The molecule has 0 aliphatic carbocycles. The summed E-state index contributed by atoms with van der Waals surface area (Å²) in [4.78, 5) is 3.90. The maximum absolute atomic E-state index is 7.30. The topological polar surface area (TPSA) is 24.9 Å². The van der Waals surface area contributed by atoms with Crippen molar-refractivity contribution in [3.8, 4) is 0 Å². The molecule has 2 nitrogen and oxygen atoms in total. The molecule has 1 aliphatic rings. The molecule has 1 N–H and O–H groups in total. The summed E-state index contributed by atoms with van der Waals surface area (Å²) in [5.41, 5.74) is 2.34. The third-order valence-corrected chi connectivity index (χ3v) is 1.79. The fourth-order valence-corrected chi connectivity index (χ4v) is 1.25. The van der Waals surface area contributed by atoms with Crippen molar-refractivity contribution >= 4 is 5.69 Å². The minimum Gasteiger partial charge on any atom is -0.384 e. The van der Waals surface area contributed by atoms with Gasteiger partial charge in [0.25, 0.3) is 0 Å². The van der Waals surface area contributed by atoms with Crippen molar-refractivity contribution in [2.24, 2.45) is 0 Å². The molecule has 0 saturated heterocycles. The summed E-state index contributed by atoms with van der Waals surface area (Å²) >= 11 is 0. The molecule has 0 bridgehead atoms. The predicted octanol–water partition coefficient (Wildman–Crippen LogP) is 1.44. The van der Waals surface area contributed by atoms with E-state index in [-0.39, 0.29) is 0 Å². The monoisotopic (exact) mass is 135 g/mol. The standard InChI is InChI=1S/C8H10N2/c1-2-7-3-5-9-6-8(7)10-4-1/h3,5-6,10H,1-2,4H2/i5D. The summed E-state index contributed by atoms with van der Waals surface area (Å²) in [7, 11) is 0. The average Bonchev–Trinajstić information content (AvgIpc) is 2.04. The molecule has 0 saturated carbocycles. The number of fused-ring (bicyclic) bond motifs is 1. The van der Waals surface area contributed by atoms with E-state index in [0.29, 0.717) is 6.17 Å². The molecule has 2 rings (SSSR count). The van der Waals surface area contributed by atoms with Gasteiger partial charge in [-0.1, -0.05) is 0 Å². The van der Waals surface area contributed by atoms with Crippen LogP contribution in [0.3, 0.4) is 0 Å². The molecule has 1 aromatic rings. The smallest absolute Gasteiger partial charge is 0.0840 e. The zero-order chi connectivity index (χ0) is 7.68. The minimum atomic E-state index is 0.368. The van der Waals surface area contributed by atoms with Crippen molar-refractivity contribution < 1.29 is 1.37 Å². The van der Waals surface area contributed by atoms with Gasteiger partial charge >= 0.3 is 0 Å². The number of nitrogens with one attached hydrogen (secondary N) is 1. The van der Waals surface area contributed by atoms with Gasteiger partial charge in [0.1, 0.15) is 0 Å². The lowest BCUT2D eigenvalue weighted by Gasteiger charge is -2.15. The lowest BCUT2D eigenvalue weighted by atomic mass is 10.1. The second-order valence-electron chi connectivity index (χ2n) is 2.50. The molecule has 2 heteroatoms. The van der Waals surface area contributed by atoms with Crippen LogP contribution < -0.4 is 5.32 Å². The van der Waals surface area contributed by atoms with Crippen LogP contribution in [0.1, 0.15) is 13.4 Å². The highest BCUT2D eigenvalue weighted by atomic mass is 14.9. The van der Waals surface area contributed by atoms with Crippen molar-refractivity contribution in [2.45, 2.75) is 12.8 Å². The molecular weight excluding hydrogens is 124 g/mol. The summed E-state index contributed by atoms with van der Waals surface area (Å²) in [6, 6.07) is 1.83. The highest BCUT2D eigenvalue weighted by molar-refractivity contribution is 5.50. The number of hydrogen-bond acceptors (Lipinski definition) is 2. The van der Waals surface area contributed by atoms with E-state index in [1.807, 2.05) is 6.07 Å². The Bertz CT molecular complexity index is 273. The predicted molar refractivity (Wildman–Crippen MR) is 41.0 cm³/mol. The Balaban J connectivity index is 2.43. The number of pyridine rings is 1. The normalized spacial score (nSPS) is 17.0. The zero-order valence-corrected chi connectivity index (χ0v) is 5.72. The third kappa shape index (κ3) is 0.856. The van der Waals surface area contributed by atoms with Crippen LogP contribution in [0.5, 0.6) is 0 Å². The Kier molecular flexibility index (Phi) is 1.08. The van der Waals surface area contributed by atoms with Crippen LogP contribution in [0, 0.1) is 0 Å². The van der Waals surface area contributed by atoms with E-state index in [1.165, 1.54) is 5.56 Å². The zero-order valence-electron chi connectivity index (χ0n) is 6.72. The van der Waals surface area contributed by atoms with Crippen LogP contribution >= 0.6 is 0 Å². The van der Waals surface area contributed by atoms with E-state index in [2.05, 4.69) is 10.3 Å². The number of rotatable bonds is 0. The Hall–Kier alpha value is -1.05. The Morgan fingerprint density at radius 2 is 2.70 bits per heavy atom. The van der Waals surface area contributed by atoms with Gasteiger partial charge in [0.2, 0.25) is 0 Å². The van der Waals surface area contributed by atoms with Crippen LogP contribution in [0.25, 0.3) is 0 Å². The summed E-state index contributed by atoms with van der Waals surface area (Å²) < 4.78 is 7.30. The summed E-state index contributed by atoms with van der Waals surface area (Å²) in [5.74, 6) is 0. The summed E-state index contributed by atoms with van der Waals surface area (Å²) in [6.07, 6.45) is 4.36. The third-order valence-electron chi connectivity index (χ3n) is 1.79. The van der Waals surface area contributed by atoms with Crippen LogP contribution in [0.2, 0.25) is 0 Å². The second-order valence-corrected chi connectivity index (χ2v) is 2.50. The Morgan fingerprint density at radius 1 is 1.70 bits per heavy atom. The van der Waals surface area contributed by atoms with Gasteiger partial charge in [0.15, 0.2) is 0 Å². The average molecular weight is 135 g/mol. The summed E-state index contributed by atoms with van der Waals surface area (Å²) in [6.45, 7) is 1.03.